The molecule has 2 heterocycles. The minimum atomic E-state index is -4.05. The van der Waals surface area contributed by atoms with Crippen molar-refractivity contribution in [1.29, 1.82) is 0 Å². The summed E-state index contributed by atoms with van der Waals surface area (Å²) in [5.41, 5.74) is 3.13. The maximum Gasteiger partial charge on any atom is 0.263 e. The van der Waals surface area contributed by atoms with Gasteiger partial charge in [-0.3, -0.25) is 4.72 Å². The lowest BCUT2D eigenvalue weighted by atomic mass is 9.98. The van der Waals surface area contributed by atoms with Gasteiger partial charge in [0.1, 0.15) is 10.7 Å². The maximum absolute atomic E-state index is 15.1. The standard InChI is InChI=1S/C27H27ClFN5O2S/c1-2-17-12-19(13-20-15-31-27(33-26(17)20)32-21-6-5-11-30-16-21)18-9-10-24(23(29)14-18)34-37(35,36)25-8-4-3-7-22(25)28/h3-4,7-10,12-15,21,30,34H,2,5-6,11,16H2,1H3,(H,31,32,33)/t21-/m0/s1. The van der Waals surface area contributed by atoms with Crippen molar-refractivity contribution in [3.8, 4) is 11.1 Å². The van der Waals surface area contributed by atoms with Gasteiger partial charge in [0.05, 0.1) is 16.2 Å². The monoisotopic (exact) mass is 539 g/mol. The van der Waals surface area contributed by atoms with Crippen molar-refractivity contribution >= 4 is 44.2 Å². The Kier molecular flexibility index (Phi) is 7.28. The van der Waals surface area contributed by atoms with E-state index in [1.807, 2.05) is 19.1 Å². The highest BCUT2D eigenvalue weighted by Gasteiger charge is 2.20. The van der Waals surface area contributed by atoms with Crippen LogP contribution in [0.4, 0.5) is 16.0 Å². The Morgan fingerprint density at radius 1 is 1.14 bits per heavy atom. The molecule has 3 N–H and O–H groups in total. The Bertz CT molecular complexity index is 1560. The predicted octanol–water partition coefficient (Wildman–Crippen LogP) is 5.62. The van der Waals surface area contributed by atoms with Crippen molar-refractivity contribution < 1.29 is 12.8 Å². The van der Waals surface area contributed by atoms with E-state index in [9.17, 15) is 8.42 Å². The van der Waals surface area contributed by atoms with Gasteiger partial charge >= 0.3 is 0 Å². The predicted molar refractivity (Wildman–Crippen MR) is 146 cm³/mol. The molecule has 1 atom stereocenters. The number of piperidine rings is 1. The number of hydrogen-bond acceptors (Lipinski definition) is 6. The highest BCUT2D eigenvalue weighted by atomic mass is 35.5. The summed E-state index contributed by atoms with van der Waals surface area (Å²) in [5.74, 6) is -0.0898. The number of nitrogens with zero attached hydrogens (tertiary/aromatic N) is 2. The molecule has 3 aromatic carbocycles. The number of aromatic nitrogens is 2. The fourth-order valence-electron chi connectivity index (χ4n) is 4.52. The van der Waals surface area contributed by atoms with E-state index < -0.39 is 15.8 Å². The van der Waals surface area contributed by atoms with E-state index in [2.05, 4.69) is 20.3 Å². The van der Waals surface area contributed by atoms with E-state index in [0.717, 1.165) is 54.4 Å². The molecule has 10 heteroatoms. The summed E-state index contributed by atoms with van der Waals surface area (Å²) in [7, 11) is -4.05. The highest BCUT2D eigenvalue weighted by molar-refractivity contribution is 7.92. The molecule has 5 rings (SSSR count). The van der Waals surface area contributed by atoms with Gasteiger partial charge in [-0.05, 0) is 78.9 Å². The lowest BCUT2D eigenvalue weighted by Crippen LogP contribution is -2.38. The Morgan fingerprint density at radius 3 is 2.70 bits per heavy atom. The van der Waals surface area contributed by atoms with E-state index in [0.29, 0.717) is 17.6 Å². The van der Waals surface area contributed by atoms with Crippen molar-refractivity contribution in [3.05, 3.63) is 77.2 Å². The highest BCUT2D eigenvalue weighted by Crippen LogP contribution is 2.31. The van der Waals surface area contributed by atoms with Crippen molar-refractivity contribution in [2.75, 3.05) is 23.1 Å². The van der Waals surface area contributed by atoms with Crippen LogP contribution in [0, 0.1) is 5.82 Å². The molecule has 4 aromatic rings. The fraction of sp³-hybridized carbons (Fsp3) is 0.259. The third-order valence-electron chi connectivity index (χ3n) is 6.45. The number of rotatable bonds is 7. The topological polar surface area (TPSA) is 96.0 Å². The van der Waals surface area contributed by atoms with Crippen molar-refractivity contribution in [2.45, 2.75) is 37.1 Å². The number of halogens is 2. The fourth-order valence-corrected chi connectivity index (χ4v) is 6.11. The average molecular weight is 540 g/mol. The van der Waals surface area contributed by atoms with Crippen molar-refractivity contribution in [1.82, 2.24) is 15.3 Å². The first kappa shape index (κ1) is 25.4. The van der Waals surface area contributed by atoms with Crippen LogP contribution in [0.2, 0.25) is 5.02 Å². The molecule has 0 aliphatic carbocycles. The molecule has 1 aliphatic heterocycles. The van der Waals surface area contributed by atoms with E-state index in [-0.39, 0.29) is 15.6 Å². The van der Waals surface area contributed by atoms with Gasteiger partial charge in [0, 0.05) is 24.2 Å². The molecule has 1 aromatic heterocycles. The molecule has 37 heavy (non-hydrogen) atoms. The average Bonchev–Trinajstić information content (AvgIpc) is 2.90. The van der Waals surface area contributed by atoms with Crippen LogP contribution >= 0.6 is 11.6 Å². The molecule has 0 saturated carbocycles. The van der Waals surface area contributed by atoms with E-state index in [1.54, 1.807) is 24.4 Å². The number of fused-ring (bicyclic) bond motifs is 1. The first-order valence-corrected chi connectivity index (χ1v) is 14.0. The first-order valence-electron chi connectivity index (χ1n) is 12.2. The third-order valence-corrected chi connectivity index (χ3v) is 8.31. The van der Waals surface area contributed by atoms with Crippen molar-refractivity contribution in [2.24, 2.45) is 0 Å². The maximum atomic E-state index is 15.1. The van der Waals surface area contributed by atoms with Crippen LogP contribution in [0.3, 0.4) is 0 Å². The Morgan fingerprint density at radius 2 is 1.97 bits per heavy atom. The number of hydrogen-bond donors (Lipinski definition) is 3. The molecule has 1 saturated heterocycles. The number of benzene rings is 3. The lowest BCUT2D eigenvalue weighted by Gasteiger charge is -2.23. The second-order valence-corrected chi connectivity index (χ2v) is 11.1. The lowest BCUT2D eigenvalue weighted by molar-refractivity contribution is 0.478. The van der Waals surface area contributed by atoms with Gasteiger partial charge in [0.15, 0.2) is 0 Å². The van der Waals surface area contributed by atoms with Gasteiger partial charge in [0.2, 0.25) is 5.95 Å². The van der Waals surface area contributed by atoms with Crippen LogP contribution in [-0.4, -0.2) is 37.5 Å². The molecule has 0 spiro atoms. The zero-order valence-corrected chi connectivity index (χ0v) is 21.8. The molecule has 0 bridgehead atoms. The molecule has 0 radical (unpaired) electrons. The van der Waals surface area contributed by atoms with Crippen molar-refractivity contribution in [3.63, 3.8) is 0 Å². The van der Waals surface area contributed by atoms with E-state index in [4.69, 9.17) is 16.6 Å². The van der Waals surface area contributed by atoms with E-state index in [1.165, 1.54) is 24.3 Å². The summed E-state index contributed by atoms with van der Waals surface area (Å²) in [5, 5.41) is 7.71. The summed E-state index contributed by atoms with van der Waals surface area (Å²) in [6, 6.07) is 14.6. The van der Waals surface area contributed by atoms with Gasteiger partial charge in [-0.2, -0.15) is 0 Å². The Balaban J connectivity index is 1.42. The minimum absolute atomic E-state index is 0.0614. The first-order chi connectivity index (χ1) is 17.8. The normalized spacial score (nSPS) is 16.0. The number of nitrogens with one attached hydrogen (secondary N) is 3. The van der Waals surface area contributed by atoms with Crippen LogP contribution in [0.15, 0.2) is 65.7 Å². The summed E-state index contributed by atoms with van der Waals surface area (Å²) < 4.78 is 42.8. The minimum Gasteiger partial charge on any atom is -0.350 e. The molecular formula is C27H27ClFN5O2S. The molecule has 0 unspecified atom stereocenters. The molecule has 7 nitrogen and oxygen atoms in total. The number of aryl methyl sites for hydroxylation is 1. The smallest absolute Gasteiger partial charge is 0.263 e. The van der Waals surface area contributed by atoms with Crippen LogP contribution in [0.5, 0.6) is 0 Å². The quantitative estimate of drug-likeness (QED) is 0.282. The SMILES string of the molecule is CCc1cc(-c2ccc(NS(=O)(=O)c3ccccc3Cl)c(F)c2)cc2cnc(N[C@H]3CCCNC3)nc12. The summed E-state index contributed by atoms with van der Waals surface area (Å²) >= 11 is 6.02. The molecule has 0 amide bonds. The van der Waals surface area contributed by atoms with Gasteiger partial charge in [-0.1, -0.05) is 36.7 Å². The van der Waals surface area contributed by atoms with Crippen LogP contribution in [-0.2, 0) is 16.4 Å². The van der Waals surface area contributed by atoms with Gasteiger partial charge in [-0.25, -0.2) is 22.8 Å². The van der Waals surface area contributed by atoms with E-state index >= 15 is 4.39 Å². The summed E-state index contributed by atoms with van der Waals surface area (Å²) in [4.78, 5) is 9.16. The Labute approximate surface area is 220 Å². The second kappa shape index (κ2) is 10.6. The number of anilines is 2. The molecule has 192 valence electrons. The van der Waals surface area contributed by atoms with Crippen LogP contribution in [0.25, 0.3) is 22.0 Å². The van der Waals surface area contributed by atoms with Gasteiger partial charge < -0.3 is 10.6 Å². The van der Waals surface area contributed by atoms with Crippen LogP contribution in [0.1, 0.15) is 25.3 Å². The molecule has 1 fully saturated rings. The molecular weight excluding hydrogens is 513 g/mol. The van der Waals surface area contributed by atoms with Gasteiger partial charge in [0.25, 0.3) is 10.0 Å². The zero-order valence-electron chi connectivity index (χ0n) is 20.3. The third kappa shape index (κ3) is 5.53. The summed E-state index contributed by atoms with van der Waals surface area (Å²) in [6.45, 7) is 3.97. The Hall–Kier alpha value is -3.27. The summed E-state index contributed by atoms with van der Waals surface area (Å²) in [6.07, 6.45) is 4.71. The largest absolute Gasteiger partial charge is 0.350 e. The van der Waals surface area contributed by atoms with Crippen LogP contribution < -0.4 is 15.4 Å². The molecule has 1 aliphatic rings. The second-order valence-electron chi connectivity index (χ2n) is 9.04. The number of sulfonamides is 1. The van der Waals surface area contributed by atoms with Gasteiger partial charge in [-0.15, -0.1) is 0 Å². The zero-order chi connectivity index (χ0) is 26.0.